The quantitative estimate of drug-likeness (QED) is 0.0367. The summed E-state index contributed by atoms with van der Waals surface area (Å²) in [4.78, 5) is 12.5. The summed E-state index contributed by atoms with van der Waals surface area (Å²) in [6.45, 7) is 4.19. The summed E-state index contributed by atoms with van der Waals surface area (Å²) in [5, 5.41) is 33.6. The molecule has 0 heterocycles. The lowest BCUT2D eigenvalue weighted by atomic mass is 10.0. The minimum Gasteiger partial charge on any atom is -0.394 e. The molecule has 0 aliphatic rings. The van der Waals surface area contributed by atoms with Gasteiger partial charge in [-0.15, -0.1) is 0 Å². The third-order valence-corrected chi connectivity index (χ3v) is 11.6. The van der Waals surface area contributed by atoms with Gasteiger partial charge in [-0.05, 0) is 38.5 Å². The lowest BCUT2D eigenvalue weighted by Gasteiger charge is -2.26. The van der Waals surface area contributed by atoms with Crippen LogP contribution in [0, 0.1) is 0 Å². The van der Waals surface area contributed by atoms with E-state index in [2.05, 4.69) is 31.3 Å². The molecular weight excluding hydrogens is 667 g/mol. The highest BCUT2D eigenvalue weighted by Gasteiger charge is 2.26. The monoisotopic (exact) mass is 764 g/mol. The van der Waals surface area contributed by atoms with Gasteiger partial charge >= 0.3 is 0 Å². The molecule has 0 bridgehead atoms. The maximum absolute atomic E-state index is 12.5. The van der Waals surface area contributed by atoms with Gasteiger partial charge in [-0.1, -0.05) is 238 Å². The van der Waals surface area contributed by atoms with Gasteiger partial charge in [0.15, 0.2) is 0 Å². The van der Waals surface area contributed by atoms with Gasteiger partial charge in [-0.25, -0.2) is 0 Å². The van der Waals surface area contributed by atoms with Crippen LogP contribution >= 0.6 is 0 Å². The molecule has 3 unspecified atom stereocenters. The number of hydrogen-bond acceptors (Lipinski definition) is 4. The first-order chi connectivity index (χ1) is 26.6. The first-order valence-corrected chi connectivity index (χ1v) is 24.5. The second-order valence-corrected chi connectivity index (χ2v) is 17.0. The number of carbonyl (C=O) groups is 1. The number of hydrogen-bond donors (Lipinski definition) is 4. The summed E-state index contributed by atoms with van der Waals surface area (Å²) in [7, 11) is 0. The molecule has 0 fully saturated rings. The Labute approximate surface area is 338 Å². The van der Waals surface area contributed by atoms with Crippen molar-refractivity contribution in [2.45, 2.75) is 289 Å². The molecule has 0 aromatic carbocycles. The summed E-state index contributed by atoms with van der Waals surface area (Å²) in [6.07, 6.45) is 53.4. The molecule has 5 heteroatoms. The van der Waals surface area contributed by atoms with Gasteiger partial charge in [0.1, 0.15) is 6.10 Å². The Morgan fingerprint density at radius 1 is 0.444 bits per heavy atom. The van der Waals surface area contributed by atoms with E-state index in [0.29, 0.717) is 12.8 Å². The van der Waals surface area contributed by atoms with E-state index < -0.39 is 18.2 Å². The van der Waals surface area contributed by atoms with Crippen LogP contribution in [0.4, 0.5) is 0 Å². The largest absolute Gasteiger partial charge is 0.394 e. The molecule has 0 aliphatic heterocycles. The van der Waals surface area contributed by atoms with E-state index in [4.69, 9.17) is 0 Å². The Balaban J connectivity index is 3.56. The van der Waals surface area contributed by atoms with E-state index >= 15 is 0 Å². The topological polar surface area (TPSA) is 89.8 Å². The van der Waals surface area contributed by atoms with Crippen LogP contribution in [0.2, 0.25) is 0 Å². The fourth-order valence-corrected chi connectivity index (χ4v) is 7.81. The number of allylic oxidation sites excluding steroid dienone is 2. The summed E-state index contributed by atoms with van der Waals surface area (Å²) in [5.41, 5.74) is 0. The summed E-state index contributed by atoms with van der Waals surface area (Å²) in [5.74, 6) is -0.149. The lowest BCUT2D eigenvalue weighted by Crippen LogP contribution is -2.50. The Bertz CT molecular complexity index is 758. The van der Waals surface area contributed by atoms with Crippen LogP contribution in [0.1, 0.15) is 271 Å². The molecule has 0 spiro atoms. The first-order valence-electron chi connectivity index (χ1n) is 24.5. The number of unbranched alkanes of at least 4 members (excludes halogenated alkanes) is 35. The lowest BCUT2D eigenvalue weighted by molar-refractivity contribution is -0.124. The van der Waals surface area contributed by atoms with Crippen molar-refractivity contribution < 1.29 is 20.1 Å². The number of nitrogens with one attached hydrogen (secondary N) is 1. The zero-order valence-corrected chi connectivity index (χ0v) is 36.6. The summed E-state index contributed by atoms with van der Waals surface area (Å²) in [6, 6.07) is -0.821. The number of amides is 1. The van der Waals surface area contributed by atoms with Crippen molar-refractivity contribution in [3.05, 3.63) is 12.2 Å². The minimum absolute atomic E-state index is 0.149. The Morgan fingerprint density at radius 2 is 0.741 bits per heavy atom. The van der Waals surface area contributed by atoms with Crippen molar-refractivity contribution in [2.24, 2.45) is 0 Å². The SMILES string of the molecule is CCCCCCCCCCCCC/C=C/CCCC(O)C(O)C(CO)NC(=O)CCCCCCCCCCCCCCCCCCCCCCCCCC. The van der Waals surface area contributed by atoms with Gasteiger partial charge in [0.05, 0.1) is 18.8 Å². The molecule has 3 atom stereocenters. The minimum atomic E-state index is -1.15. The molecule has 0 radical (unpaired) electrons. The second-order valence-electron chi connectivity index (χ2n) is 17.0. The molecule has 0 rings (SSSR count). The second kappa shape index (κ2) is 44.8. The fourth-order valence-electron chi connectivity index (χ4n) is 7.81. The van der Waals surface area contributed by atoms with Gasteiger partial charge in [-0.3, -0.25) is 4.79 Å². The van der Waals surface area contributed by atoms with E-state index in [1.165, 1.54) is 205 Å². The van der Waals surface area contributed by atoms with Crippen LogP contribution in [0.5, 0.6) is 0 Å². The van der Waals surface area contributed by atoms with Crippen molar-refractivity contribution in [3.8, 4) is 0 Å². The standard InChI is InChI=1S/C49H97NO4/c1-3-5-7-9-11-13-15-17-19-21-22-23-24-25-26-27-28-30-32-34-36-38-40-42-44-48(53)50-46(45-51)49(54)47(52)43-41-39-37-35-33-31-29-20-18-16-14-12-10-8-6-4-2/h35,37,46-47,49,51-52,54H,3-34,36,38-45H2,1-2H3,(H,50,53)/b37-35+. The summed E-state index contributed by atoms with van der Waals surface area (Å²) < 4.78 is 0. The fraction of sp³-hybridized carbons (Fsp3) is 0.939. The highest BCUT2D eigenvalue weighted by Crippen LogP contribution is 2.17. The van der Waals surface area contributed by atoms with Gasteiger partial charge < -0.3 is 20.6 Å². The third-order valence-electron chi connectivity index (χ3n) is 11.6. The highest BCUT2D eigenvalue weighted by molar-refractivity contribution is 5.76. The number of aliphatic hydroxyl groups excluding tert-OH is 3. The third kappa shape index (κ3) is 39.3. The summed E-state index contributed by atoms with van der Waals surface area (Å²) >= 11 is 0. The van der Waals surface area contributed by atoms with E-state index in [1.54, 1.807) is 0 Å². The number of carbonyl (C=O) groups excluding carboxylic acids is 1. The van der Waals surface area contributed by atoms with Crippen LogP contribution in [-0.4, -0.2) is 46.1 Å². The zero-order chi connectivity index (χ0) is 39.4. The predicted molar refractivity (Wildman–Crippen MR) is 236 cm³/mol. The molecule has 1 amide bonds. The highest BCUT2D eigenvalue weighted by atomic mass is 16.3. The van der Waals surface area contributed by atoms with Crippen molar-refractivity contribution >= 4 is 5.91 Å². The molecule has 4 N–H and O–H groups in total. The van der Waals surface area contributed by atoms with Crippen molar-refractivity contribution in [2.75, 3.05) is 6.61 Å². The van der Waals surface area contributed by atoms with E-state index in [1.807, 2.05) is 0 Å². The van der Waals surface area contributed by atoms with Crippen molar-refractivity contribution in [3.63, 3.8) is 0 Å². The van der Waals surface area contributed by atoms with Gasteiger partial charge in [0, 0.05) is 6.42 Å². The van der Waals surface area contributed by atoms with Crippen LogP contribution < -0.4 is 5.32 Å². The first kappa shape index (κ1) is 53.1. The smallest absolute Gasteiger partial charge is 0.220 e. The molecule has 5 nitrogen and oxygen atoms in total. The Morgan fingerprint density at radius 3 is 1.07 bits per heavy atom. The van der Waals surface area contributed by atoms with Crippen LogP contribution in [-0.2, 0) is 4.79 Å². The predicted octanol–water partition coefficient (Wildman–Crippen LogP) is 14.4. The molecule has 0 aliphatic carbocycles. The maximum atomic E-state index is 12.5. The zero-order valence-electron chi connectivity index (χ0n) is 36.6. The van der Waals surface area contributed by atoms with Gasteiger partial charge in [0.2, 0.25) is 5.91 Å². The van der Waals surface area contributed by atoms with Crippen molar-refractivity contribution in [1.29, 1.82) is 0 Å². The van der Waals surface area contributed by atoms with Crippen LogP contribution in [0.25, 0.3) is 0 Å². The van der Waals surface area contributed by atoms with E-state index in [9.17, 15) is 20.1 Å². The van der Waals surface area contributed by atoms with Gasteiger partial charge in [-0.2, -0.15) is 0 Å². The molecule has 54 heavy (non-hydrogen) atoms. The molecule has 0 saturated heterocycles. The normalized spacial score (nSPS) is 13.5. The number of rotatable bonds is 45. The molecule has 0 saturated carbocycles. The average Bonchev–Trinajstić information content (AvgIpc) is 3.18. The molecule has 322 valence electrons. The number of aliphatic hydroxyl groups is 3. The molecular formula is C49H97NO4. The van der Waals surface area contributed by atoms with Crippen molar-refractivity contribution in [1.82, 2.24) is 5.32 Å². The van der Waals surface area contributed by atoms with E-state index in [-0.39, 0.29) is 12.5 Å². The molecule has 0 aromatic rings. The van der Waals surface area contributed by atoms with Crippen LogP contribution in [0.3, 0.4) is 0 Å². The van der Waals surface area contributed by atoms with E-state index in [0.717, 1.165) is 38.5 Å². The Kier molecular flexibility index (Phi) is 44.0. The Hall–Kier alpha value is -0.910. The van der Waals surface area contributed by atoms with Gasteiger partial charge in [0.25, 0.3) is 0 Å². The molecule has 0 aromatic heterocycles. The average molecular weight is 764 g/mol. The van der Waals surface area contributed by atoms with Crippen LogP contribution in [0.15, 0.2) is 12.2 Å². The maximum Gasteiger partial charge on any atom is 0.220 e.